The second-order valence-corrected chi connectivity index (χ2v) is 8.84. The van der Waals surface area contributed by atoms with Gasteiger partial charge in [0.15, 0.2) is 0 Å². The van der Waals surface area contributed by atoms with Gasteiger partial charge in [0.1, 0.15) is 0 Å². The molecule has 2 aromatic rings. The molecule has 2 aromatic carbocycles. The lowest BCUT2D eigenvalue weighted by Gasteiger charge is -2.38. The highest BCUT2D eigenvalue weighted by molar-refractivity contribution is 7.92. The Morgan fingerprint density at radius 1 is 1.11 bits per heavy atom. The summed E-state index contributed by atoms with van der Waals surface area (Å²) in [6.07, 6.45) is 2.00. The fraction of sp³-hybridized carbons (Fsp3) is 0.350. The maximum atomic E-state index is 12.8. The molecule has 0 unspecified atom stereocenters. The molecule has 0 bridgehead atoms. The number of benzene rings is 2. The van der Waals surface area contributed by atoms with E-state index >= 15 is 0 Å². The molecule has 1 saturated heterocycles. The molecular formula is C20H24N2O4S. The van der Waals surface area contributed by atoms with Crippen molar-refractivity contribution in [1.82, 2.24) is 4.90 Å². The number of piperidine rings is 1. The fourth-order valence-corrected chi connectivity index (χ4v) is 3.98. The first-order chi connectivity index (χ1) is 12.7. The Hall–Kier alpha value is -2.38. The van der Waals surface area contributed by atoms with Gasteiger partial charge in [0, 0.05) is 18.7 Å². The predicted molar refractivity (Wildman–Crippen MR) is 105 cm³/mol. The maximum absolute atomic E-state index is 12.8. The molecular weight excluding hydrogens is 364 g/mol. The first-order valence-corrected chi connectivity index (χ1v) is 10.7. The van der Waals surface area contributed by atoms with Crippen LogP contribution in [0.3, 0.4) is 0 Å². The average Bonchev–Trinajstić information content (AvgIpc) is 2.63. The Balaban J connectivity index is 1.74. The van der Waals surface area contributed by atoms with Crippen LogP contribution < -0.4 is 4.72 Å². The van der Waals surface area contributed by atoms with Crippen LogP contribution in [0.1, 0.15) is 34.3 Å². The van der Waals surface area contributed by atoms with Crippen LogP contribution in [-0.4, -0.2) is 43.7 Å². The lowest BCUT2D eigenvalue weighted by molar-refractivity contribution is -0.0211. The van der Waals surface area contributed by atoms with Gasteiger partial charge in [-0.1, -0.05) is 36.4 Å². The van der Waals surface area contributed by atoms with E-state index in [1.807, 2.05) is 30.3 Å². The molecule has 0 saturated carbocycles. The number of carbonyl (C=O) groups excluding carboxylic acids is 1. The van der Waals surface area contributed by atoms with E-state index in [0.717, 1.165) is 17.4 Å². The summed E-state index contributed by atoms with van der Waals surface area (Å²) in [6.45, 7) is 2.66. The van der Waals surface area contributed by atoms with Crippen molar-refractivity contribution in [2.45, 2.75) is 25.4 Å². The molecule has 1 amide bonds. The molecule has 0 aromatic heterocycles. The van der Waals surface area contributed by atoms with Crippen LogP contribution in [0.2, 0.25) is 0 Å². The quantitative estimate of drug-likeness (QED) is 0.843. The van der Waals surface area contributed by atoms with Gasteiger partial charge >= 0.3 is 0 Å². The SMILES string of the molecule is Cc1ccc(C(=O)N2CCC(O)(c3ccccc3)CC2)cc1NS(C)(=O)=O. The van der Waals surface area contributed by atoms with Gasteiger partial charge in [-0.05, 0) is 43.0 Å². The number of aryl methyl sites for hydroxylation is 1. The monoisotopic (exact) mass is 388 g/mol. The zero-order valence-corrected chi connectivity index (χ0v) is 16.3. The number of carbonyl (C=O) groups is 1. The zero-order chi connectivity index (χ0) is 19.7. The summed E-state index contributed by atoms with van der Waals surface area (Å²) in [7, 11) is -3.42. The number of hydrogen-bond donors (Lipinski definition) is 2. The van der Waals surface area contributed by atoms with Gasteiger partial charge < -0.3 is 10.0 Å². The summed E-state index contributed by atoms with van der Waals surface area (Å²) in [4.78, 5) is 14.5. The molecule has 1 aliphatic heterocycles. The minimum atomic E-state index is -3.42. The smallest absolute Gasteiger partial charge is 0.253 e. The normalized spacial score (nSPS) is 16.8. The van der Waals surface area contributed by atoms with Crippen molar-refractivity contribution in [2.75, 3.05) is 24.1 Å². The topological polar surface area (TPSA) is 86.7 Å². The second kappa shape index (κ2) is 7.32. The largest absolute Gasteiger partial charge is 0.385 e. The molecule has 144 valence electrons. The highest BCUT2D eigenvalue weighted by Gasteiger charge is 2.35. The van der Waals surface area contributed by atoms with Crippen molar-refractivity contribution in [1.29, 1.82) is 0 Å². The fourth-order valence-electron chi connectivity index (χ4n) is 3.36. The van der Waals surface area contributed by atoms with Crippen LogP contribution >= 0.6 is 0 Å². The van der Waals surface area contributed by atoms with Crippen molar-refractivity contribution < 1.29 is 18.3 Å². The van der Waals surface area contributed by atoms with Crippen molar-refractivity contribution >= 4 is 21.6 Å². The number of hydrogen-bond acceptors (Lipinski definition) is 4. The van der Waals surface area contributed by atoms with Gasteiger partial charge in [0.05, 0.1) is 17.5 Å². The standard InChI is InChI=1S/C20H24N2O4S/c1-15-8-9-16(14-18(15)21-27(2,25)26)19(23)22-12-10-20(24,11-13-22)17-6-4-3-5-7-17/h3-9,14,21,24H,10-13H2,1-2H3. The maximum Gasteiger partial charge on any atom is 0.253 e. The van der Waals surface area contributed by atoms with Gasteiger partial charge in [-0.25, -0.2) is 8.42 Å². The number of likely N-dealkylation sites (tertiary alicyclic amines) is 1. The number of amides is 1. The van der Waals surface area contributed by atoms with Gasteiger partial charge in [-0.15, -0.1) is 0 Å². The Morgan fingerprint density at radius 2 is 1.74 bits per heavy atom. The van der Waals surface area contributed by atoms with Crippen molar-refractivity contribution in [3.63, 3.8) is 0 Å². The van der Waals surface area contributed by atoms with E-state index in [2.05, 4.69) is 4.72 Å². The molecule has 1 fully saturated rings. The van der Waals surface area contributed by atoms with E-state index in [1.54, 1.807) is 30.0 Å². The van der Waals surface area contributed by atoms with E-state index in [1.165, 1.54) is 0 Å². The molecule has 3 rings (SSSR count). The van der Waals surface area contributed by atoms with Gasteiger partial charge in [-0.3, -0.25) is 9.52 Å². The van der Waals surface area contributed by atoms with E-state index in [4.69, 9.17) is 0 Å². The number of rotatable bonds is 4. The predicted octanol–water partition coefficient (Wildman–Crippen LogP) is 2.49. The minimum Gasteiger partial charge on any atom is -0.385 e. The van der Waals surface area contributed by atoms with Gasteiger partial charge in [0.2, 0.25) is 10.0 Å². The number of sulfonamides is 1. The molecule has 0 radical (unpaired) electrons. The zero-order valence-electron chi connectivity index (χ0n) is 15.5. The number of anilines is 1. The molecule has 0 atom stereocenters. The minimum absolute atomic E-state index is 0.165. The highest BCUT2D eigenvalue weighted by Crippen LogP contribution is 2.33. The number of nitrogens with one attached hydrogen (secondary N) is 1. The van der Waals surface area contributed by atoms with E-state index < -0.39 is 15.6 Å². The molecule has 6 nitrogen and oxygen atoms in total. The summed E-state index contributed by atoms with van der Waals surface area (Å²) in [6, 6.07) is 14.5. The molecule has 0 spiro atoms. The van der Waals surface area contributed by atoms with Crippen molar-refractivity contribution in [3.05, 3.63) is 65.2 Å². The van der Waals surface area contributed by atoms with Gasteiger partial charge in [0.25, 0.3) is 5.91 Å². The van der Waals surface area contributed by atoms with E-state index in [-0.39, 0.29) is 5.91 Å². The molecule has 2 N–H and O–H groups in total. The molecule has 0 aliphatic carbocycles. The van der Waals surface area contributed by atoms with Crippen LogP contribution in [0.5, 0.6) is 0 Å². The molecule has 7 heteroatoms. The van der Waals surface area contributed by atoms with E-state index in [9.17, 15) is 18.3 Å². The van der Waals surface area contributed by atoms with Crippen LogP contribution in [0, 0.1) is 6.92 Å². The van der Waals surface area contributed by atoms with Crippen LogP contribution in [0.25, 0.3) is 0 Å². The van der Waals surface area contributed by atoms with Gasteiger partial charge in [-0.2, -0.15) is 0 Å². The summed E-state index contributed by atoms with van der Waals surface area (Å²) in [5.41, 5.74) is 1.52. The number of nitrogens with zero attached hydrogens (tertiary/aromatic N) is 1. The van der Waals surface area contributed by atoms with E-state index in [0.29, 0.717) is 37.2 Å². The molecule has 27 heavy (non-hydrogen) atoms. The van der Waals surface area contributed by atoms with Crippen LogP contribution in [0.4, 0.5) is 5.69 Å². The Bertz CT molecular complexity index is 934. The highest BCUT2D eigenvalue weighted by atomic mass is 32.2. The first-order valence-electron chi connectivity index (χ1n) is 8.84. The lowest BCUT2D eigenvalue weighted by atomic mass is 9.84. The Morgan fingerprint density at radius 3 is 2.33 bits per heavy atom. The summed E-state index contributed by atoms with van der Waals surface area (Å²) < 4.78 is 25.5. The van der Waals surface area contributed by atoms with Crippen LogP contribution in [-0.2, 0) is 15.6 Å². The Labute approximate surface area is 159 Å². The lowest BCUT2D eigenvalue weighted by Crippen LogP contribution is -2.45. The first kappa shape index (κ1) is 19.4. The molecule has 1 heterocycles. The summed E-state index contributed by atoms with van der Waals surface area (Å²) in [5.74, 6) is -0.165. The van der Waals surface area contributed by atoms with Crippen molar-refractivity contribution in [3.8, 4) is 0 Å². The van der Waals surface area contributed by atoms with Crippen molar-refractivity contribution in [2.24, 2.45) is 0 Å². The summed E-state index contributed by atoms with van der Waals surface area (Å²) >= 11 is 0. The average molecular weight is 388 g/mol. The third-order valence-corrected chi connectivity index (χ3v) is 5.56. The van der Waals surface area contributed by atoms with Crippen LogP contribution in [0.15, 0.2) is 48.5 Å². The third kappa shape index (κ3) is 4.48. The summed E-state index contributed by atoms with van der Waals surface area (Å²) in [5, 5.41) is 10.9. The Kier molecular flexibility index (Phi) is 5.26. The second-order valence-electron chi connectivity index (χ2n) is 7.09. The molecule has 1 aliphatic rings. The number of aliphatic hydroxyl groups is 1. The third-order valence-electron chi connectivity index (χ3n) is 4.97.